The molecule has 0 bridgehead atoms. The fraction of sp³-hybridized carbons (Fsp3) is 0.222. The van der Waals surface area contributed by atoms with Gasteiger partial charge in [0, 0.05) is 6.54 Å². The van der Waals surface area contributed by atoms with Gasteiger partial charge in [-0.05, 0) is 36.8 Å². The van der Waals surface area contributed by atoms with Gasteiger partial charge < -0.3 is 15.0 Å². The van der Waals surface area contributed by atoms with Gasteiger partial charge in [-0.15, -0.1) is 0 Å². The highest BCUT2D eigenvalue weighted by Crippen LogP contribution is 2.20. The molecule has 2 N–H and O–H groups in total. The Hall–Kier alpha value is -2.73. The smallest absolute Gasteiger partial charge is 0.240 e. The lowest BCUT2D eigenvalue weighted by Gasteiger charge is -2.11. The molecule has 0 spiro atoms. The Morgan fingerprint density at radius 1 is 1.25 bits per heavy atom. The number of carbonyl (C=O) groups excluding carboxylic acids is 1. The summed E-state index contributed by atoms with van der Waals surface area (Å²) in [6, 6.07) is 13.4. The van der Waals surface area contributed by atoms with Crippen molar-refractivity contribution in [2.24, 2.45) is 0 Å². The zero-order valence-corrected chi connectivity index (χ0v) is 13.2. The van der Waals surface area contributed by atoms with Crippen LogP contribution in [0.2, 0.25) is 0 Å². The normalized spacial score (nSPS) is 12.3. The lowest BCUT2D eigenvalue weighted by atomic mass is 10.2. The number of halogens is 1. The van der Waals surface area contributed by atoms with Crippen LogP contribution in [0.4, 0.5) is 4.39 Å². The van der Waals surface area contributed by atoms with E-state index >= 15 is 0 Å². The van der Waals surface area contributed by atoms with Crippen LogP contribution in [-0.4, -0.2) is 20.6 Å². The van der Waals surface area contributed by atoms with Gasteiger partial charge in [0.25, 0.3) is 0 Å². The Morgan fingerprint density at radius 3 is 2.67 bits per heavy atom. The molecule has 0 saturated heterocycles. The number of para-hydroxylation sites is 2. The number of hydrogen-bond acceptors (Lipinski definition) is 3. The standard InChI is InChI=1S/C18H18FN3O2/c1-12(23)18-21-15-4-2-3-5-16(15)22(18)11-17(24)20-10-13-6-8-14(19)9-7-13/h2-9,12,23H,10-11H2,1H3,(H,20,24). The Kier molecular flexibility index (Phi) is 4.57. The maximum atomic E-state index is 12.9. The van der Waals surface area contributed by atoms with Crippen LogP contribution < -0.4 is 5.32 Å². The highest BCUT2D eigenvalue weighted by atomic mass is 19.1. The van der Waals surface area contributed by atoms with Gasteiger partial charge >= 0.3 is 0 Å². The molecule has 1 heterocycles. The van der Waals surface area contributed by atoms with Crippen LogP contribution in [0.3, 0.4) is 0 Å². The number of nitrogens with one attached hydrogen (secondary N) is 1. The summed E-state index contributed by atoms with van der Waals surface area (Å²) in [7, 11) is 0. The largest absolute Gasteiger partial charge is 0.385 e. The first-order valence-electron chi connectivity index (χ1n) is 7.69. The Balaban J connectivity index is 1.75. The zero-order chi connectivity index (χ0) is 17.1. The van der Waals surface area contributed by atoms with Crippen LogP contribution in [0.5, 0.6) is 0 Å². The molecular formula is C18H18FN3O2. The van der Waals surface area contributed by atoms with Gasteiger partial charge in [0.05, 0.1) is 11.0 Å². The number of rotatable bonds is 5. The fourth-order valence-corrected chi connectivity index (χ4v) is 2.58. The molecule has 1 atom stereocenters. The third-order valence-electron chi connectivity index (χ3n) is 3.76. The molecule has 1 unspecified atom stereocenters. The minimum atomic E-state index is -0.776. The number of carbonyl (C=O) groups is 1. The summed E-state index contributed by atoms with van der Waals surface area (Å²) in [6.07, 6.45) is -0.776. The number of aromatic nitrogens is 2. The molecule has 1 aromatic heterocycles. The van der Waals surface area contributed by atoms with Gasteiger partial charge in [-0.2, -0.15) is 0 Å². The minimum absolute atomic E-state index is 0.0575. The number of aliphatic hydroxyl groups is 1. The monoisotopic (exact) mass is 327 g/mol. The summed E-state index contributed by atoms with van der Waals surface area (Å²) < 4.78 is 14.6. The van der Waals surface area contributed by atoms with Crippen molar-refractivity contribution in [2.75, 3.05) is 0 Å². The van der Waals surface area contributed by atoms with Crippen molar-refractivity contribution in [3.8, 4) is 0 Å². The molecule has 0 fully saturated rings. The third-order valence-corrected chi connectivity index (χ3v) is 3.76. The number of hydrogen-bond donors (Lipinski definition) is 2. The first kappa shape index (κ1) is 16.1. The molecule has 3 rings (SSSR count). The summed E-state index contributed by atoms with van der Waals surface area (Å²) in [5.41, 5.74) is 2.35. The first-order valence-corrected chi connectivity index (χ1v) is 7.69. The molecule has 6 heteroatoms. The van der Waals surface area contributed by atoms with Gasteiger partial charge in [0.15, 0.2) is 0 Å². The van der Waals surface area contributed by atoms with Crippen molar-refractivity contribution in [3.63, 3.8) is 0 Å². The van der Waals surface area contributed by atoms with Crippen LogP contribution in [0.1, 0.15) is 24.4 Å². The van der Waals surface area contributed by atoms with Crippen LogP contribution >= 0.6 is 0 Å². The average Bonchev–Trinajstić information content (AvgIpc) is 2.93. The van der Waals surface area contributed by atoms with Crippen LogP contribution in [0.15, 0.2) is 48.5 Å². The Labute approximate surface area is 138 Å². The van der Waals surface area contributed by atoms with E-state index in [0.29, 0.717) is 12.4 Å². The van der Waals surface area contributed by atoms with Crippen molar-refractivity contribution < 1.29 is 14.3 Å². The van der Waals surface area contributed by atoms with Gasteiger partial charge in [-0.3, -0.25) is 4.79 Å². The van der Waals surface area contributed by atoms with E-state index in [9.17, 15) is 14.3 Å². The highest BCUT2D eigenvalue weighted by Gasteiger charge is 2.16. The number of fused-ring (bicyclic) bond motifs is 1. The Bertz CT molecular complexity index is 856. The molecule has 0 aliphatic rings. The molecule has 2 aromatic carbocycles. The lowest BCUT2D eigenvalue weighted by Crippen LogP contribution is -2.28. The van der Waals surface area contributed by atoms with Gasteiger partial charge in [-0.1, -0.05) is 24.3 Å². The zero-order valence-electron chi connectivity index (χ0n) is 13.2. The SMILES string of the molecule is CC(O)c1nc2ccccc2n1CC(=O)NCc1ccc(F)cc1. The van der Waals surface area contributed by atoms with E-state index in [4.69, 9.17) is 0 Å². The lowest BCUT2D eigenvalue weighted by molar-refractivity contribution is -0.121. The summed E-state index contributed by atoms with van der Waals surface area (Å²) in [5, 5.41) is 12.7. The van der Waals surface area contributed by atoms with Gasteiger partial charge in [0.1, 0.15) is 24.3 Å². The number of benzene rings is 2. The van der Waals surface area contributed by atoms with Crippen molar-refractivity contribution in [3.05, 3.63) is 65.7 Å². The summed E-state index contributed by atoms with van der Waals surface area (Å²) in [6.45, 7) is 1.99. The second-order valence-corrected chi connectivity index (χ2v) is 5.62. The third kappa shape index (κ3) is 3.44. The molecule has 0 saturated carbocycles. The second kappa shape index (κ2) is 6.80. The van der Waals surface area contributed by atoms with Gasteiger partial charge in [-0.25, -0.2) is 9.37 Å². The van der Waals surface area contributed by atoms with E-state index in [0.717, 1.165) is 16.6 Å². The predicted molar refractivity (Wildman–Crippen MR) is 88.6 cm³/mol. The molecule has 24 heavy (non-hydrogen) atoms. The molecule has 5 nitrogen and oxygen atoms in total. The molecule has 1 amide bonds. The first-order chi connectivity index (χ1) is 11.5. The van der Waals surface area contributed by atoms with Crippen molar-refractivity contribution in [1.29, 1.82) is 0 Å². The van der Waals surface area contributed by atoms with Crippen LogP contribution in [0, 0.1) is 5.82 Å². The predicted octanol–water partition coefficient (Wildman–Crippen LogP) is 2.55. The average molecular weight is 327 g/mol. The molecule has 0 aliphatic carbocycles. The topological polar surface area (TPSA) is 67.2 Å². The number of imidazole rings is 1. The summed E-state index contributed by atoms with van der Waals surface area (Å²) in [4.78, 5) is 16.6. The maximum Gasteiger partial charge on any atom is 0.240 e. The van der Waals surface area contributed by atoms with E-state index in [1.54, 1.807) is 23.6 Å². The van der Waals surface area contributed by atoms with Crippen molar-refractivity contribution >= 4 is 16.9 Å². The minimum Gasteiger partial charge on any atom is -0.385 e. The number of aliphatic hydroxyl groups excluding tert-OH is 1. The summed E-state index contributed by atoms with van der Waals surface area (Å²) in [5.74, 6) is -0.0611. The van der Waals surface area contributed by atoms with Crippen LogP contribution in [0.25, 0.3) is 11.0 Å². The van der Waals surface area contributed by atoms with Crippen LogP contribution in [-0.2, 0) is 17.9 Å². The molecule has 3 aromatic rings. The van der Waals surface area contributed by atoms with E-state index in [1.807, 2.05) is 24.3 Å². The highest BCUT2D eigenvalue weighted by molar-refractivity contribution is 5.81. The number of amides is 1. The summed E-state index contributed by atoms with van der Waals surface area (Å²) >= 11 is 0. The fourth-order valence-electron chi connectivity index (χ4n) is 2.58. The molecule has 0 aliphatic heterocycles. The van der Waals surface area contributed by atoms with Crippen molar-refractivity contribution in [2.45, 2.75) is 26.1 Å². The van der Waals surface area contributed by atoms with E-state index in [1.165, 1.54) is 12.1 Å². The maximum absolute atomic E-state index is 12.9. The van der Waals surface area contributed by atoms with Gasteiger partial charge in [0.2, 0.25) is 5.91 Å². The van der Waals surface area contributed by atoms with E-state index in [2.05, 4.69) is 10.3 Å². The molecule has 0 radical (unpaired) electrons. The Morgan fingerprint density at radius 2 is 1.96 bits per heavy atom. The van der Waals surface area contributed by atoms with E-state index < -0.39 is 6.10 Å². The van der Waals surface area contributed by atoms with E-state index in [-0.39, 0.29) is 18.3 Å². The van der Waals surface area contributed by atoms with Crippen molar-refractivity contribution in [1.82, 2.24) is 14.9 Å². The number of nitrogens with zero attached hydrogens (tertiary/aromatic N) is 2. The quantitative estimate of drug-likeness (QED) is 0.757. The second-order valence-electron chi connectivity index (χ2n) is 5.62. The molecule has 124 valence electrons. The molecular weight excluding hydrogens is 309 g/mol.